The van der Waals surface area contributed by atoms with Crippen molar-refractivity contribution in [3.63, 3.8) is 0 Å². The van der Waals surface area contributed by atoms with Crippen LogP contribution < -0.4 is 0 Å². The number of hydrogen-bond acceptors (Lipinski definition) is 2. The molecule has 0 aliphatic rings. The van der Waals surface area contributed by atoms with E-state index in [0.717, 1.165) is 0 Å². The zero-order valence-corrected chi connectivity index (χ0v) is 12.4. The zero-order chi connectivity index (χ0) is 13.5. The number of nitriles is 1. The largest absolute Gasteiger partial charge is 0.432 e. The van der Waals surface area contributed by atoms with E-state index in [9.17, 15) is 13.2 Å². The van der Waals surface area contributed by atoms with Gasteiger partial charge in [-0.1, -0.05) is 0 Å². The van der Waals surface area contributed by atoms with Crippen LogP contribution in [-0.4, -0.2) is 4.98 Å². The Morgan fingerprint density at radius 1 is 1.33 bits per heavy atom. The van der Waals surface area contributed by atoms with E-state index in [0.29, 0.717) is 9.35 Å². The van der Waals surface area contributed by atoms with Gasteiger partial charge in [0, 0.05) is 5.56 Å². The minimum Gasteiger partial charge on any atom is -0.349 e. The summed E-state index contributed by atoms with van der Waals surface area (Å²) in [5, 5.41) is 10.7. The lowest BCUT2D eigenvalue weighted by molar-refractivity contribution is -0.141. The summed E-state index contributed by atoms with van der Waals surface area (Å²) in [5.41, 5.74) is -0.314. The molecule has 0 saturated heterocycles. The second-order valence-electron chi connectivity index (χ2n) is 3.28. The van der Waals surface area contributed by atoms with E-state index in [1.807, 2.05) is 0 Å². The molecule has 2 heterocycles. The molecule has 0 aliphatic heterocycles. The van der Waals surface area contributed by atoms with E-state index in [1.54, 1.807) is 17.5 Å². The molecule has 0 saturated carbocycles. The summed E-state index contributed by atoms with van der Waals surface area (Å²) in [5.74, 6) is 0. The van der Waals surface area contributed by atoms with Crippen LogP contribution in [0.3, 0.4) is 0 Å². The first-order valence-corrected chi connectivity index (χ1v) is 6.95. The predicted octanol–water partition coefficient (Wildman–Crippen LogP) is 5.16. The number of alkyl halides is 3. The third-order valence-electron chi connectivity index (χ3n) is 2.22. The maximum atomic E-state index is 12.7. The van der Waals surface area contributed by atoms with E-state index in [4.69, 9.17) is 5.26 Å². The summed E-state index contributed by atoms with van der Waals surface area (Å²) in [6.45, 7) is 0. The Labute approximate surface area is 121 Å². The molecule has 2 aromatic rings. The van der Waals surface area contributed by atoms with Crippen LogP contribution in [0.2, 0.25) is 0 Å². The summed E-state index contributed by atoms with van der Waals surface area (Å²) in [6, 6.07) is 3.42. The van der Waals surface area contributed by atoms with Crippen LogP contribution in [0.15, 0.2) is 19.7 Å². The van der Waals surface area contributed by atoms with Gasteiger partial charge in [-0.25, -0.2) is 0 Å². The highest BCUT2D eigenvalue weighted by atomic mass is 79.9. The van der Waals surface area contributed by atoms with Crippen LogP contribution >= 0.6 is 43.2 Å². The molecule has 0 aliphatic carbocycles. The quantitative estimate of drug-likeness (QED) is 0.706. The molecule has 0 atom stereocenters. The van der Waals surface area contributed by atoms with Crippen molar-refractivity contribution in [1.29, 1.82) is 5.26 Å². The van der Waals surface area contributed by atoms with Crippen molar-refractivity contribution in [3.05, 3.63) is 31.0 Å². The van der Waals surface area contributed by atoms with Crippen LogP contribution in [-0.2, 0) is 6.18 Å². The molecule has 2 nitrogen and oxygen atoms in total. The second-order valence-corrected chi connectivity index (χ2v) is 6.31. The number of nitrogens with one attached hydrogen (secondary N) is 1. The maximum Gasteiger partial charge on any atom is 0.432 e. The first-order chi connectivity index (χ1) is 8.36. The standard InChI is InChI=1S/C10H3Br2F3N2S/c11-6-5(3-16)7(4-1-2-18-9(4)12)17-8(6)10(13,14)15/h1-2,17H. The fraction of sp³-hybridized carbons (Fsp3) is 0.100. The van der Waals surface area contributed by atoms with Gasteiger partial charge in [0.1, 0.15) is 11.8 Å². The number of aromatic amines is 1. The fourth-order valence-electron chi connectivity index (χ4n) is 1.45. The van der Waals surface area contributed by atoms with Crippen LogP contribution in [0.5, 0.6) is 0 Å². The molecule has 1 N–H and O–H groups in total. The molecule has 2 aromatic heterocycles. The molecule has 0 unspecified atom stereocenters. The normalized spacial score (nSPS) is 11.6. The third-order valence-corrected chi connectivity index (χ3v) is 4.70. The fourth-order valence-corrected chi connectivity index (χ4v) is 3.34. The summed E-state index contributed by atoms with van der Waals surface area (Å²) in [6.07, 6.45) is -4.54. The minimum absolute atomic E-state index is 0.0542. The molecular formula is C10H3Br2F3N2S. The number of halogens is 5. The van der Waals surface area contributed by atoms with Gasteiger partial charge in [-0.15, -0.1) is 11.3 Å². The highest BCUT2D eigenvalue weighted by Gasteiger charge is 2.37. The van der Waals surface area contributed by atoms with E-state index in [2.05, 4.69) is 36.8 Å². The molecule has 18 heavy (non-hydrogen) atoms. The lowest BCUT2D eigenvalue weighted by Gasteiger charge is -2.03. The highest BCUT2D eigenvalue weighted by molar-refractivity contribution is 9.11. The Morgan fingerprint density at radius 3 is 2.44 bits per heavy atom. The molecule has 0 amide bonds. The van der Waals surface area contributed by atoms with Gasteiger partial charge in [0.25, 0.3) is 0 Å². The molecule has 0 aromatic carbocycles. The Bertz CT molecular complexity index is 637. The van der Waals surface area contributed by atoms with Crippen molar-refractivity contribution in [2.24, 2.45) is 0 Å². The van der Waals surface area contributed by atoms with E-state index < -0.39 is 11.9 Å². The average Bonchev–Trinajstić information content (AvgIpc) is 2.80. The first kappa shape index (κ1) is 13.6. The monoisotopic (exact) mass is 398 g/mol. The van der Waals surface area contributed by atoms with E-state index in [-0.39, 0.29) is 15.7 Å². The van der Waals surface area contributed by atoms with E-state index in [1.165, 1.54) is 11.3 Å². The molecular weight excluding hydrogens is 397 g/mol. The lowest BCUT2D eigenvalue weighted by Crippen LogP contribution is -2.06. The molecule has 0 fully saturated rings. The molecule has 0 bridgehead atoms. The van der Waals surface area contributed by atoms with Gasteiger partial charge in [-0.3, -0.25) is 0 Å². The van der Waals surface area contributed by atoms with Gasteiger partial charge in [-0.05, 0) is 43.3 Å². The number of thiophene rings is 1. The maximum absolute atomic E-state index is 12.7. The number of rotatable bonds is 1. The van der Waals surface area contributed by atoms with Crippen LogP contribution in [0.25, 0.3) is 11.3 Å². The summed E-state index contributed by atoms with van der Waals surface area (Å²) in [4.78, 5) is 2.27. The minimum atomic E-state index is -4.54. The Kier molecular flexibility index (Phi) is 3.58. The Hall–Kier alpha value is -0.780. The number of H-pyrrole nitrogens is 1. The molecule has 2 rings (SSSR count). The van der Waals surface area contributed by atoms with Crippen molar-refractivity contribution in [2.75, 3.05) is 0 Å². The van der Waals surface area contributed by atoms with Crippen molar-refractivity contribution < 1.29 is 13.2 Å². The predicted molar refractivity (Wildman–Crippen MR) is 69.2 cm³/mol. The summed E-state index contributed by atoms with van der Waals surface area (Å²) in [7, 11) is 0. The van der Waals surface area contributed by atoms with Gasteiger partial charge in [0.05, 0.1) is 19.5 Å². The van der Waals surface area contributed by atoms with E-state index >= 15 is 0 Å². The van der Waals surface area contributed by atoms with Gasteiger partial charge in [0.15, 0.2) is 0 Å². The summed E-state index contributed by atoms with van der Waals surface area (Å²) < 4.78 is 38.6. The number of aromatic nitrogens is 1. The van der Waals surface area contributed by atoms with Crippen molar-refractivity contribution in [1.82, 2.24) is 4.98 Å². The smallest absolute Gasteiger partial charge is 0.349 e. The average molecular weight is 400 g/mol. The zero-order valence-electron chi connectivity index (χ0n) is 8.40. The summed E-state index contributed by atoms with van der Waals surface area (Å²) >= 11 is 7.40. The molecule has 0 radical (unpaired) electrons. The van der Waals surface area contributed by atoms with Crippen molar-refractivity contribution >= 4 is 43.2 Å². The highest BCUT2D eigenvalue weighted by Crippen LogP contribution is 2.42. The third kappa shape index (κ3) is 2.22. The number of hydrogen-bond donors (Lipinski definition) is 1. The van der Waals surface area contributed by atoms with Gasteiger partial charge in [-0.2, -0.15) is 18.4 Å². The molecule has 94 valence electrons. The number of nitrogens with zero attached hydrogens (tertiary/aromatic N) is 1. The molecule has 0 spiro atoms. The Balaban J connectivity index is 2.71. The SMILES string of the molecule is N#Cc1c(-c2ccsc2Br)[nH]c(C(F)(F)F)c1Br. The first-order valence-electron chi connectivity index (χ1n) is 4.48. The van der Waals surface area contributed by atoms with Gasteiger partial charge in [0.2, 0.25) is 0 Å². The lowest BCUT2D eigenvalue weighted by atomic mass is 10.1. The topological polar surface area (TPSA) is 39.6 Å². The van der Waals surface area contributed by atoms with Crippen LogP contribution in [0.1, 0.15) is 11.3 Å². The van der Waals surface area contributed by atoms with Gasteiger partial charge >= 0.3 is 6.18 Å². The van der Waals surface area contributed by atoms with Crippen LogP contribution in [0, 0.1) is 11.3 Å². The van der Waals surface area contributed by atoms with Crippen LogP contribution in [0.4, 0.5) is 13.2 Å². The second kappa shape index (κ2) is 4.72. The van der Waals surface area contributed by atoms with Gasteiger partial charge < -0.3 is 4.98 Å². The van der Waals surface area contributed by atoms with Crippen molar-refractivity contribution in [2.45, 2.75) is 6.18 Å². The molecule has 8 heteroatoms. The van der Waals surface area contributed by atoms with Crippen molar-refractivity contribution in [3.8, 4) is 17.3 Å². The Morgan fingerprint density at radius 2 is 2.00 bits per heavy atom.